The van der Waals surface area contributed by atoms with E-state index in [4.69, 9.17) is 11.6 Å². The molecular formula is C18H21ClN2O. The molecule has 3 nitrogen and oxygen atoms in total. The van der Waals surface area contributed by atoms with E-state index in [1.54, 1.807) is 12.1 Å². The first kappa shape index (κ1) is 16.4. The zero-order valence-corrected chi connectivity index (χ0v) is 14.1. The Kier molecular flexibility index (Phi) is 4.77. The Bertz CT molecular complexity index is 646. The van der Waals surface area contributed by atoms with Gasteiger partial charge in [-0.15, -0.1) is 0 Å². The van der Waals surface area contributed by atoms with Gasteiger partial charge in [0.25, 0.3) is 0 Å². The predicted molar refractivity (Wildman–Crippen MR) is 93.9 cm³/mol. The molecule has 2 aromatic rings. The molecule has 1 amide bonds. The molecule has 0 aliphatic rings. The lowest BCUT2D eigenvalue weighted by Crippen LogP contribution is -2.34. The molecule has 0 heterocycles. The molecule has 0 atom stereocenters. The van der Waals surface area contributed by atoms with E-state index in [9.17, 15) is 4.79 Å². The highest BCUT2D eigenvalue weighted by atomic mass is 35.5. The van der Waals surface area contributed by atoms with Crippen molar-refractivity contribution in [1.29, 1.82) is 0 Å². The average Bonchev–Trinajstić information content (AvgIpc) is 2.48. The summed E-state index contributed by atoms with van der Waals surface area (Å²) in [5.41, 5.74) is 2.18. The number of nitrogens with zero attached hydrogens (tertiary/aromatic N) is 1. The maximum atomic E-state index is 12.6. The first-order valence-electron chi connectivity index (χ1n) is 7.15. The van der Waals surface area contributed by atoms with E-state index in [0.29, 0.717) is 5.02 Å². The number of amides is 1. The first-order valence-corrected chi connectivity index (χ1v) is 7.53. The summed E-state index contributed by atoms with van der Waals surface area (Å²) in [6, 6.07) is 15.1. The highest BCUT2D eigenvalue weighted by Gasteiger charge is 2.29. The Morgan fingerprint density at radius 1 is 1.00 bits per heavy atom. The minimum absolute atomic E-state index is 0.0487. The SMILES string of the molecule is CN(C)c1ccc(NC(=O)C(C)(C)c2ccc(Cl)cc2)cc1. The van der Waals surface area contributed by atoms with E-state index in [1.165, 1.54) is 0 Å². The number of anilines is 2. The molecule has 0 radical (unpaired) electrons. The summed E-state index contributed by atoms with van der Waals surface area (Å²) in [5, 5.41) is 3.64. The minimum Gasteiger partial charge on any atom is -0.378 e. The highest BCUT2D eigenvalue weighted by molar-refractivity contribution is 6.30. The summed E-state index contributed by atoms with van der Waals surface area (Å²) in [6.07, 6.45) is 0. The van der Waals surface area contributed by atoms with Gasteiger partial charge in [0.1, 0.15) is 0 Å². The molecule has 1 N–H and O–H groups in total. The fourth-order valence-electron chi connectivity index (χ4n) is 2.13. The molecule has 0 saturated carbocycles. The second-order valence-corrected chi connectivity index (χ2v) is 6.46. The maximum absolute atomic E-state index is 12.6. The van der Waals surface area contributed by atoms with Crippen molar-refractivity contribution in [2.24, 2.45) is 0 Å². The third-order valence-electron chi connectivity index (χ3n) is 3.78. The van der Waals surface area contributed by atoms with Crippen LogP contribution < -0.4 is 10.2 Å². The van der Waals surface area contributed by atoms with Gasteiger partial charge in [0.05, 0.1) is 5.41 Å². The summed E-state index contributed by atoms with van der Waals surface area (Å²) >= 11 is 5.91. The lowest BCUT2D eigenvalue weighted by molar-refractivity contribution is -0.120. The molecule has 2 rings (SSSR count). The number of hydrogen-bond acceptors (Lipinski definition) is 2. The molecule has 0 saturated heterocycles. The summed E-state index contributed by atoms with van der Waals surface area (Å²) in [7, 11) is 3.97. The van der Waals surface area contributed by atoms with Gasteiger partial charge in [-0.3, -0.25) is 4.79 Å². The normalized spacial score (nSPS) is 11.1. The number of benzene rings is 2. The number of nitrogens with one attached hydrogen (secondary N) is 1. The lowest BCUT2D eigenvalue weighted by Gasteiger charge is -2.24. The lowest BCUT2D eigenvalue weighted by atomic mass is 9.83. The number of carbonyl (C=O) groups excluding carboxylic acids is 1. The summed E-state index contributed by atoms with van der Waals surface area (Å²) in [5.74, 6) is -0.0487. The van der Waals surface area contributed by atoms with Gasteiger partial charge in [-0.05, 0) is 55.8 Å². The van der Waals surface area contributed by atoms with Gasteiger partial charge in [0, 0.05) is 30.5 Å². The van der Waals surface area contributed by atoms with Crippen LogP contribution in [0.2, 0.25) is 5.02 Å². The van der Waals surface area contributed by atoms with Crippen molar-refractivity contribution in [3.05, 3.63) is 59.1 Å². The molecular weight excluding hydrogens is 296 g/mol. The van der Waals surface area contributed by atoms with Crippen molar-refractivity contribution < 1.29 is 4.79 Å². The largest absolute Gasteiger partial charge is 0.378 e. The smallest absolute Gasteiger partial charge is 0.234 e. The number of carbonyl (C=O) groups is 1. The van der Waals surface area contributed by atoms with Gasteiger partial charge in [-0.1, -0.05) is 23.7 Å². The molecule has 0 fully saturated rings. The predicted octanol–water partition coefficient (Wildman–Crippen LogP) is 4.32. The molecule has 0 unspecified atom stereocenters. The van der Waals surface area contributed by atoms with Gasteiger partial charge in [-0.25, -0.2) is 0 Å². The van der Waals surface area contributed by atoms with Gasteiger partial charge < -0.3 is 10.2 Å². The number of halogens is 1. The van der Waals surface area contributed by atoms with Crippen LogP contribution in [0.5, 0.6) is 0 Å². The second kappa shape index (κ2) is 6.41. The van der Waals surface area contributed by atoms with E-state index >= 15 is 0 Å². The van der Waals surface area contributed by atoms with Crippen LogP contribution in [0.15, 0.2) is 48.5 Å². The van der Waals surface area contributed by atoms with Crippen LogP contribution in [0, 0.1) is 0 Å². The third kappa shape index (κ3) is 3.60. The number of rotatable bonds is 4. The van der Waals surface area contributed by atoms with E-state index in [0.717, 1.165) is 16.9 Å². The van der Waals surface area contributed by atoms with Crippen molar-refractivity contribution in [2.75, 3.05) is 24.3 Å². The van der Waals surface area contributed by atoms with Crippen molar-refractivity contribution in [3.8, 4) is 0 Å². The Hall–Kier alpha value is -2.00. The van der Waals surface area contributed by atoms with E-state index in [1.807, 2.05) is 69.2 Å². The Morgan fingerprint density at radius 3 is 2.05 bits per heavy atom. The molecule has 0 bridgehead atoms. The van der Waals surface area contributed by atoms with Crippen molar-refractivity contribution in [3.63, 3.8) is 0 Å². The molecule has 0 aliphatic carbocycles. The average molecular weight is 317 g/mol. The van der Waals surface area contributed by atoms with Gasteiger partial charge in [0.15, 0.2) is 0 Å². The van der Waals surface area contributed by atoms with E-state index in [-0.39, 0.29) is 5.91 Å². The van der Waals surface area contributed by atoms with Gasteiger partial charge in [-0.2, -0.15) is 0 Å². The fourth-order valence-corrected chi connectivity index (χ4v) is 2.25. The van der Waals surface area contributed by atoms with Crippen LogP contribution in [0.3, 0.4) is 0 Å². The molecule has 2 aromatic carbocycles. The third-order valence-corrected chi connectivity index (χ3v) is 4.03. The van der Waals surface area contributed by atoms with Crippen molar-refractivity contribution >= 4 is 28.9 Å². The quantitative estimate of drug-likeness (QED) is 0.911. The molecule has 0 aromatic heterocycles. The zero-order valence-electron chi connectivity index (χ0n) is 13.4. The summed E-state index contributed by atoms with van der Waals surface area (Å²) in [4.78, 5) is 14.6. The topological polar surface area (TPSA) is 32.3 Å². The first-order chi connectivity index (χ1) is 10.3. The fraction of sp³-hybridized carbons (Fsp3) is 0.278. The Balaban J connectivity index is 2.15. The number of hydrogen-bond donors (Lipinski definition) is 1. The van der Waals surface area contributed by atoms with Gasteiger partial charge >= 0.3 is 0 Å². The highest BCUT2D eigenvalue weighted by Crippen LogP contribution is 2.27. The minimum atomic E-state index is -0.634. The van der Waals surface area contributed by atoms with Crippen LogP contribution >= 0.6 is 11.6 Å². The summed E-state index contributed by atoms with van der Waals surface area (Å²) in [6.45, 7) is 3.81. The van der Waals surface area contributed by atoms with Crippen LogP contribution in [-0.4, -0.2) is 20.0 Å². The monoisotopic (exact) mass is 316 g/mol. The zero-order chi connectivity index (χ0) is 16.3. The van der Waals surface area contributed by atoms with E-state index in [2.05, 4.69) is 5.32 Å². The van der Waals surface area contributed by atoms with Crippen LogP contribution in [0.25, 0.3) is 0 Å². The van der Waals surface area contributed by atoms with E-state index < -0.39 is 5.41 Å². The van der Waals surface area contributed by atoms with Crippen molar-refractivity contribution in [1.82, 2.24) is 0 Å². The summed E-state index contributed by atoms with van der Waals surface area (Å²) < 4.78 is 0. The van der Waals surface area contributed by atoms with Gasteiger partial charge in [0.2, 0.25) is 5.91 Å². The molecule has 0 aliphatic heterocycles. The maximum Gasteiger partial charge on any atom is 0.234 e. The Labute approximate surface area is 136 Å². The molecule has 116 valence electrons. The molecule has 22 heavy (non-hydrogen) atoms. The van der Waals surface area contributed by atoms with Crippen LogP contribution in [0.4, 0.5) is 11.4 Å². The Morgan fingerprint density at radius 2 is 1.55 bits per heavy atom. The van der Waals surface area contributed by atoms with Crippen LogP contribution in [0.1, 0.15) is 19.4 Å². The van der Waals surface area contributed by atoms with Crippen LogP contribution in [-0.2, 0) is 10.2 Å². The molecule has 0 spiro atoms. The standard InChI is InChI=1S/C18H21ClN2O/c1-18(2,13-5-7-14(19)8-6-13)17(22)20-15-9-11-16(12-10-15)21(3)4/h5-12H,1-4H3,(H,20,22). The van der Waals surface area contributed by atoms with Crippen molar-refractivity contribution in [2.45, 2.75) is 19.3 Å². The molecule has 4 heteroatoms. The second-order valence-electron chi connectivity index (χ2n) is 6.03.